The van der Waals surface area contributed by atoms with E-state index in [9.17, 15) is 9.59 Å². The van der Waals surface area contributed by atoms with Gasteiger partial charge in [0.2, 0.25) is 11.8 Å². The van der Waals surface area contributed by atoms with Crippen LogP contribution < -0.4 is 11.1 Å². The number of hydrogen-bond donors (Lipinski definition) is 2. The zero-order chi connectivity index (χ0) is 12.8. The van der Waals surface area contributed by atoms with Gasteiger partial charge in [-0.1, -0.05) is 6.92 Å². The van der Waals surface area contributed by atoms with E-state index in [4.69, 9.17) is 15.7 Å². The number of nitriles is 1. The van der Waals surface area contributed by atoms with Gasteiger partial charge in [-0.15, -0.1) is 0 Å². The molecule has 0 aromatic rings. The van der Waals surface area contributed by atoms with Crippen molar-refractivity contribution in [1.29, 1.82) is 5.26 Å². The number of nitrogens with one attached hydrogen (secondary N) is 1. The lowest BCUT2D eigenvalue weighted by molar-refractivity contribution is -0.130. The summed E-state index contributed by atoms with van der Waals surface area (Å²) in [6.07, 6.45) is 0.832. The van der Waals surface area contributed by atoms with Crippen LogP contribution in [0.2, 0.25) is 0 Å². The summed E-state index contributed by atoms with van der Waals surface area (Å²) < 4.78 is 5.10. The molecular formula is C11H17N3O3. The normalized spacial score (nSPS) is 22.5. The zero-order valence-electron chi connectivity index (χ0n) is 9.81. The van der Waals surface area contributed by atoms with E-state index in [2.05, 4.69) is 5.32 Å². The molecule has 0 bridgehead atoms. The quantitative estimate of drug-likeness (QED) is 0.677. The average Bonchev–Trinajstić information content (AvgIpc) is 2.78. The number of rotatable bonds is 5. The van der Waals surface area contributed by atoms with Crippen LogP contribution >= 0.6 is 0 Å². The van der Waals surface area contributed by atoms with Gasteiger partial charge in [0.1, 0.15) is 6.04 Å². The molecule has 1 aliphatic rings. The molecule has 1 rings (SSSR count). The second-order valence-corrected chi connectivity index (χ2v) is 4.29. The Kier molecular flexibility index (Phi) is 4.91. The van der Waals surface area contributed by atoms with Crippen LogP contribution in [0.15, 0.2) is 0 Å². The van der Waals surface area contributed by atoms with Crippen LogP contribution in [-0.2, 0) is 14.3 Å². The van der Waals surface area contributed by atoms with E-state index < -0.39 is 11.9 Å². The molecule has 0 aromatic heterocycles. The predicted octanol–water partition coefficient (Wildman–Crippen LogP) is -0.457. The summed E-state index contributed by atoms with van der Waals surface area (Å²) in [5, 5.41) is 11.2. The minimum atomic E-state index is -0.789. The molecule has 1 saturated heterocycles. The van der Waals surface area contributed by atoms with Gasteiger partial charge in [0.15, 0.2) is 0 Å². The maximum Gasteiger partial charge on any atom is 0.240 e. The molecule has 0 aliphatic carbocycles. The average molecular weight is 239 g/mol. The first-order valence-corrected chi connectivity index (χ1v) is 5.60. The maximum absolute atomic E-state index is 11.8. The van der Waals surface area contributed by atoms with E-state index in [1.54, 1.807) is 6.92 Å². The molecular weight excluding hydrogens is 222 g/mol. The lowest BCUT2D eigenvalue weighted by Gasteiger charge is -2.21. The van der Waals surface area contributed by atoms with Gasteiger partial charge < -0.3 is 15.8 Å². The fourth-order valence-electron chi connectivity index (χ4n) is 1.77. The molecule has 0 unspecified atom stereocenters. The van der Waals surface area contributed by atoms with Crippen molar-refractivity contribution in [3.05, 3.63) is 0 Å². The van der Waals surface area contributed by atoms with E-state index in [0.29, 0.717) is 19.6 Å². The van der Waals surface area contributed by atoms with E-state index in [1.807, 2.05) is 6.07 Å². The lowest BCUT2D eigenvalue weighted by atomic mass is 9.97. The Morgan fingerprint density at radius 3 is 2.82 bits per heavy atom. The first-order chi connectivity index (χ1) is 8.06. The van der Waals surface area contributed by atoms with E-state index >= 15 is 0 Å². The highest BCUT2D eigenvalue weighted by atomic mass is 16.5. The second kappa shape index (κ2) is 6.21. The first-order valence-electron chi connectivity index (χ1n) is 5.60. The Balaban J connectivity index is 2.57. The molecule has 3 N–H and O–H groups in total. The molecule has 3 atom stereocenters. The second-order valence-electron chi connectivity index (χ2n) is 4.29. The van der Waals surface area contributed by atoms with Crippen molar-refractivity contribution in [3.8, 4) is 6.07 Å². The van der Waals surface area contributed by atoms with Crippen LogP contribution in [0.3, 0.4) is 0 Å². The van der Waals surface area contributed by atoms with Crippen LogP contribution in [-0.4, -0.2) is 31.1 Å². The Hall–Kier alpha value is -1.61. The van der Waals surface area contributed by atoms with Gasteiger partial charge in [0.05, 0.1) is 18.6 Å². The summed E-state index contributed by atoms with van der Waals surface area (Å²) in [7, 11) is 0. The molecule has 17 heavy (non-hydrogen) atoms. The molecule has 6 nitrogen and oxygen atoms in total. The van der Waals surface area contributed by atoms with Crippen molar-refractivity contribution in [3.63, 3.8) is 0 Å². The molecule has 1 heterocycles. The summed E-state index contributed by atoms with van der Waals surface area (Å²) in [5.74, 6) is -1.34. The predicted molar refractivity (Wildman–Crippen MR) is 59.4 cm³/mol. The highest BCUT2D eigenvalue weighted by molar-refractivity contribution is 5.87. The molecule has 0 radical (unpaired) electrons. The Morgan fingerprint density at radius 1 is 1.65 bits per heavy atom. The van der Waals surface area contributed by atoms with Crippen molar-refractivity contribution in [1.82, 2.24) is 5.32 Å². The molecule has 0 saturated carbocycles. The number of nitrogens with zero attached hydrogens (tertiary/aromatic N) is 1. The van der Waals surface area contributed by atoms with Gasteiger partial charge in [-0.3, -0.25) is 9.59 Å². The Labute approximate surface area is 100 Å². The minimum Gasteiger partial charge on any atom is -0.381 e. The van der Waals surface area contributed by atoms with Crippen molar-refractivity contribution in [2.75, 3.05) is 13.2 Å². The fourth-order valence-corrected chi connectivity index (χ4v) is 1.77. The largest absolute Gasteiger partial charge is 0.381 e. The van der Waals surface area contributed by atoms with E-state index in [-0.39, 0.29) is 24.2 Å². The fraction of sp³-hybridized carbons (Fsp3) is 0.727. The number of amides is 2. The summed E-state index contributed by atoms with van der Waals surface area (Å²) >= 11 is 0. The number of ether oxygens (including phenoxy) is 1. The van der Waals surface area contributed by atoms with Crippen molar-refractivity contribution in [2.24, 2.45) is 17.6 Å². The minimum absolute atomic E-state index is 0.176. The first kappa shape index (κ1) is 13.5. The number of nitrogens with two attached hydrogens (primary N) is 1. The molecule has 1 aliphatic heterocycles. The SMILES string of the molecule is C[C@@H](CC#N)[C@@H](NC(=O)[C@H]1CCOC1)C(N)=O. The summed E-state index contributed by atoms with van der Waals surface area (Å²) in [6.45, 7) is 2.65. The van der Waals surface area contributed by atoms with Gasteiger partial charge in [-0.2, -0.15) is 5.26 Å². The van der Waals surface area contributed by atoms with Crippen molar-refractivity contribution in [2.45, 2.75) is 25.8 Å². The van der Waals surface area contributed by atoms with Crippen LogP contribution in [0.25, 0.3) is 0 Å². The van der Waals surface area contributed by atoms with Gasteiger partial charge in [0, 0.05) is 13.0 Å². The Bertz CT molecular complexity index is 331. The smallest absolute Gasteiger partial charge is 0.240 e. The zero-order valence-corrected chi connectivity index (χ0v) is 9.81. The highest BCUT2D eigenvalue weighted by Gasteiger charge is 2.29. The summed E-state index contributed by atoms with van der Waals surface area (Å²) in [6, 6.07) is 1.17. The number of primary amides is 1. The molecule has 94 valence electrons. The number of carbonyl (C=O) groups is 2. The standard InChI is InChI=1S/C11H17N3O3/c1-7(2-4-12)9(10(13)15)14-11(16)8-3-5-17-6-8/h7-9H,2-3,5-6H2,1H3,(H2,13,15)(H,14,16)/t7-,8-,9+/m0/s1. The van der Waals surface area contributed by atoms with Gasteiger partial charge in [-0.05, 0) is 12.3 Å². The third-order valence-corrected chi connectivity index (χ3v) is 2.89. The lowest BCUT2D eigenvalue weighted by Crippen LogP contribution is -2.50. The monoisotopic (exact) mass is 239 g/mol. The van der Waals surface area contributed by atoms with Crippen molar-refractivity contribution < 1.29 is 14.3 Å². The van der Waals surface area contributed by atoms with E-state index in [1.165, 1.54) is 0 Å². The molecule has 2 amide bonds. The van der Waals surface area contributed by atoms with Crippen LogP contribution in [0.4, 0.5) is 0 Å². The van der Waals surface area contributed by atoms with Crippen LogP contribution in [0.5, 0.6) is 0 Å². The third kappa shape index (κ3) is 3.71. The number of hydrogen-bond acceptors (Lipinski definition) is 4. The van der Waals surface area contributed by atoms with Crippen molar-refractivity contribution >= 4 is 11.8 Å². The molecule has 0 spiro atoms. The number of carbonyl (C=O) groups excluding carboxylic acids is 2. The highest BCUT2D eigenvalue weighted by Crippen LogP contribution is 2.14. The van der Waals surface area contributed by atoms with Gasteiger partial charge in [0.25, 0.3) is 0 Å². The summed E-state index contributed by atoms with van der Waals surface area (Å²) in [4.78, 5) is 23.0. The van der Waals surface area contributed by atoms with Crippen LogP contribution in [0.1, 0.15) is 19.8 Å². The molecule has 0 aromatic carbocycles. The topological polar surface area (TPSA) is 105 Å². The summed E-state index contributed by atoms with van der Waals surface area (Å²) in [5.41, 5.74) is 5.22. The molecule has 6 heteroatoms. The van der Waals surface area contributed by atoms with Gasteiger partial charge in [-0.25, -0.2) is 0 Å². The maximum atomic E-state index is 11.8. The van der Waals surface area contributed by atoms with Crippen LogP contribution in [0, 0.1) is 23.2 Å². The van der Waals surface area contributed by atoms with Gasteiger partial charge >= 0.3 is 0 Å². The Morgan fingerprint density at radius 2 is 2.35 bits per heavy atom. The van der Waals surface area contributed by atoms with E-state index in [0.717, 1.165) is 0 Å². The third-order valence-electron chi connectivity index (χ3n) is 2.89. The molecule has 1 fully saturated rings.